The third-order valence-corrected chi connectivity index (χ3v) is 4.92. The minimum atomic E-state index is 0.472. The van der Waals surface area contributed by atoms with Crippen molar-refractivity contribution >= 4 is 0 Å². The van der Waals surface area contributed by atoms with E-state index in [-0.39, 0.29) is 0 Å². The second-order valence-corrected chi connectivity index (χ2v) is 4.75. The molecule has 0 bridgehead atoms. The van der Waals surface area contributed by atoms with E-state index in [1.54, 1.807) is 0 Å². The molecule has 0 aliphatic heterocycles. The number of aliphatic hydroxyl groups excluding tert-OH is 1. The molecule has 1 heteroatoms. The van der Waals surface area contributed by atoms with Crippen LogP contribution in [-0.2, 0) is 0 Å². The number of hydrogen-bond donors (Lipinski definition) is 1. The van der Waals surface area contributed by atoms with E-state index in [1.165, 1.54) is 38.5 Å². The van der Waals surface area contributed by atoms with Crippen molar-refractivity contribution in [1.29, 1.82) is 0 Å². The van der Waals surface area contributed by atoms with Crippen molar-refractivity contribution < 1.29 is 5.11 Å². The predicted octanol–water partition coefficient (Wildman–Crippen LogP) is 1.95. The van der Waals surface area contributed by atoms with E-state index in [0.29, 0.717) is 17.4 Å². The summed E-state index contributed by atoms with van der Waals surface area (Å²) in [5.74, 6) is 0.720. The van der Waals surface area contributed by atoms with Crippen LogP contribution in [0.15, 0.2) is 0 Å². The van der Waals surface area contributed by atoms with Crippen molar-refractivity contribution in [3.8, 4) is 0 Å². The zero-order chi connectivity index (χ0) is 7.53. The number of rotatable bonds is 1. The second-order valence-electron chi connectivity index (χ2n) is 4.75. The molecule has 0 aromatic heterocycles. The molecule has 0 atom stereocenters. The molecule has 3 fully saturated rings. The number of aliphatic hydroxyl groups is 1. The summed E-state index contributed by atoms with van der Waals surface area (Å²) in [4.78, 5) is 0. The fourth-order valence-electron chi connectivity index (χ4n) is 4.00. The fourth-order valence-corrected chi connectivity index (χ4v) is 4.00. The molecule has 1 nitrogen and oxygen atoms in total. The Hall–Kier alpha value is -0.0400. The van der Waals surface area contributed by atoms with Gasteiger partial charge in [0.25, 0.3) is 0 Å². The van der Waals surface area contributed by atoms with Crippen LogP contribution in [-0.4, -0.2) is 11.7 Å². The Kier molecular flexibility index (Phi) is 0.976. The number of hydrogen-bond acceptors (Lipinski definition) is 1. The highest BCUT2D eigenvalue weighted by Gasteiger charge is 2.78. The molecule has 2 spiro atoms. The first-order valence-electron chi connectivity index (χ1n) is 4.97. The van der Waals surface area contributed by atoms with Crippen LogP contribution in [0.3, 0.4) is 0 Å². The van der Waals surface area contributed by atoms with Gasteiger partial charge in [-0.15, -0.1) is 0 Å². The average molecular weight is 152 g/mol. The van der Waals surface area contributed by atoms with Gasteiger partial charge in [-0.25, -0.2) is 0 Å². The minimum Gasteiger partial charge on any atom is -0.396 e. The molecule has 0 saturated heterocycles. The van der Waals surface area contributed by atoms with Gasteiger partial charge in [0.1, 0.15) is 0 Å². The van der Waals surface area contributed by atoms with Crippen LogP contribution in [0.4, 0.5) is 0 Å². The molecule has 0 unspecified atom stereocenters. The summed E-state index contributed by atoms with van der Waals surface area (Å²) in [5.41, 5.74) is 1.36. The molecule has 3 aliphatic carbocycles. The molecule has 0 radical (unpaired) electrons. The quantitative estimate of drug-likeness (QED) is 0.609. The molecule has 0 heterocycles. The van der Waals surface area contributed by atoms with E-state index >= 15 is 0 Å². The first-order valence-corrected chi connectivity index (χ1v) is 4.97. The Labute approximate surface area is 67.8 Å². The number of fused-ring (bicyclic) bond motifs is 1. The maximum Gasteiger partial charge on any atom is 0.0470 e. The summed E-state index contributed by atoms with van der Waals surface area (Å²) in [6, 6.07) is 0. The van der Waals surface area contributed by atoms with Gasteiger partial charge in [0.2, 0.25) is 0 Å². The molecule has 3 aliphatic rings. The van der Waals surface area contributed by atoms with Crippen LogP contribution in [0.5, 0.6) is 0 Å². The summed E-state index contributed by atoms with van der Waals surface area (Å²) in [7, 11) is 0. The Morgan fingerprint density at radius 2 is 1.45 bits per heavy atom. The van der Waals surface area contributed by atoms with Crippen molar-refractivity contribution in [3.05, 3.63) is 0 Å². The van der Waals surface area contributed by atoms with E-state index in [9.17, 15) is 5.11 Å². The van der Waals surface area contributed by atoms with E-state index in [2.05, 4.69) is 0 Å². The molecule has 1 N–H and O–H groups in total. The lowest BCUT2D eigenvalue weighted by Crippen LogP contribution is -2.26. The van der Waals surface area contributed by atoms with Gasteiger partial charge in [0, 0.05) is 6.61 Å². The van der Waals surface area contributed by atoms with Crippen molar-refractivity contribution in [3.63, 3.8) is 0 Å². The molecular weight excluding hydrogens is 136 g/mol. The first kappa shape index (κ1) is 6.47. The lowest BCUT2D eigenvalue weighted by Gasteiger charge is -2.38. The van der Waals surface area contributed by atoms with Gasteiger partial charge in [-0.2, -0.15) is 0 Å². The van der Waals surface area contributed by atoms with Crippen LogP contribution in [0.25, 0.3) is 0 Å². The van der Waals surface area contributed by atoms with Crippen LogP contribution in [0.1, 0.15) is 38.5 Å². The van der Waals surface area contributed by atoms with Crippen molar-refractivity contribution in [2.45, 2.75) is 38.5 Å². The molecular formula is C10H16O. The van der Waals surface area contributed by atoms with Crippen molar-refractivity contribution in [2.75, 3.05) is 6.61 Å². The lowest BCUT2D eigenvalue weighted by atomic mass is 9.67. The normalized spacial score (nSPS) is 41.7. The van der Waals surface area contributed by atoms with Crippen molar-refractivity contribution in [2.24, 2.45) is 16.7 Å². The molecule has 0 amide bonds. The lowest BCUT2D eigenvalue weighted by molar-refractivity contribution is 0.129. The Bertz CT molecular complexity index is 169. The first-order chi connectivity index (χ1) is 5.36. The molecule has 11 heavy (non-hydrogen) atoms. The Morgan fingerprint density at radius 1 is 1.00 bits per heavy atom. The molecule has 3 rings (SSSR count). The van der Waals surface area contributed by atoms with E-state index in [1.807, 2.05) is 0 Å². The Morgan fingerprint density at radius 3 is 1.55 bits per heavy atom. The molecule has 62 valence electrons. The summed E-state index contributed by atoms with van der Waals surface area (Å²) < 4.78 is 0. The maximum atomic E-state index is 9.21. The molecule has 3 saturated carbocycles. The van der Waals surface area contributed by atoms with Gasteiger partial charge < -0.3 is 5.11 Å². The smallest absolute Gasteiger partial charge is 0.0470 e. The fraction of sp³-hybridized carbons (Fsp3) is 1.00. The third kappa shape index (κ3) is 0.462. The third-order valence-electron chi connectivity index (χ3n) is 4.92. The van der Waals surface area contributed by atoms with Gasteiger partial charge in [0.15, 0.2) is 0 Å². The highest BCUT2D eigenvalue weighted by Crippen LogP contribution is 2.84. The van der Waals surface area contributed by atoms with Crippen LogP contribution in [0.2, 0.25) is 0 Å². The van der Waals surface area contributed by atoms with Gasteiger partial charge >= 0.3 is 0 Å². The summed E-state index contributed by atoms with van der Waals surface area (Å²) in [6.07, 6.45) is 8.57. The molecule has 0 aromatic rings. The van der Waals surface area contributed by atoms with Gasteiger partial charge in [0.05, 0.1) is 0 Å². The maximum absolute atomic E-state index is 9.21. The minimum absolute atomic E-state index is 0.472. The standard InChI is InChI=1S/C10H16O/c11-7-8-9(3-1-4-9)10(8)5-2-6-10/h8,11H,1-7H2. The Balaban J connectivity index is 1.86. The van der Waals surface area contributed by atoms with Crippen LogP contribution < -0.4 is 0 Å². The SMILES string of the molecule is OCC1C2(CCC2)C12CCC2. The average Bonchev–Trinajstić information content (AvgIpc) is 2.47. The van der Waals surface area contributed by atoms with E-state index in [0.717, 1.165) is 5.92 Å². The second kappa shape index (κ2) is 1.66. The zero-order valence-electron chi connectivity index (χ0n) is 6.97. The molecule has 0 aromatic carbocycles. The largest absolute Gasteiger partial charge is 0.396 e. The summed E-state index contributed by atoms with van der Waals surface area (Å²) in [5, 5.41) is 9.21. The summed E-state index contributed by atoms with van der Waals surface area (Å²) >= 11 is 0. The zero-order valence-corrected chi connectivity index (χ0v) is 6.97. The topological polar surface area (TPSA) is 20.2 Å². The van der Waals surface area contributed by atoms with Gasteiger partial charge in [-0.1, -0.05) is 12.8 Å². The van der Waals surface area contributed by atoms with Gasteiger partial charge in [-0.3, -0.25) is 0 Å². The van der Waals surface area contributed by atoms with Crippen LogP contribution >= 0.6 is 0 Å². The van der Waals surface area contributed by atoms with Crippen LogP contribution in [0, 0.1) is 16.7 Å². The van der Waals surface area contributed by atoms with Gasteiger partial charge in [-0.05, 0) is 42.4 Å². The van der Waals surface area contributed by atoms with E-state index in [4.69, 9.17) is 0 Å². The summed E-state index contributed by atoms with van der Waals surface area (Å²) in [6.45, 7) is 0.472. The predicted molar refractivity (Wildman–Crippen MR) is 43.1 cm³/mol. The monoisotopic (exact) mass is 152 g/mol. The van der Waals surface area contributed by atoms with Crippen molar-refractivity contribution in [1.82, 2.24) is 0 Å². The highest BCUT2D eigenvalue weighted by molar-refractivity contribution is 5.26. The highest BCUT2D eigenvalue weighted by atomic mass is 16.3. The van der Waals surface area contributed by atoms with E-state index < -0.39 is 0 Å².